The zero-order valence-electron chi connectivity index (χ0n) is 13.6. The first kappa shape index (κ1) is 16.5. The Hall–Kier alpha value is -0.870. The SMILES string of the molecule is CC(=O)OCC1=CC[C@]2(C)C[C@@H](O)[C@](O)(C(C)C)[C@H]2CC1. The Morgan fingerprint density at radius 3 is 2.76 bits per heavy atom. The van der Waals surface area contributed by atoms with Crippen molar-refractivity contribution in [2.24, 2.45) is 17.3 Å². The van der Waals surface area contributed by atoms with Gasteiger partial charge in [0.2, 0.25) is 0 Å². The van der Waals surface area contributed by atoms with Gasteiger partial charge in [-0.05, 0) is 48.5 Å². The summed E-state index contributed by atoms with van der Waals surface area (Å²) in [7, 11) is 0. The molecule has 4 nitrogen and oxygen atoms in total. The summed E-state index contributed by atoms with van der Waals surface area (Å²) in [5.74, 6) is -0.166. The van der Waals surface area contributed by atoms with Gasteiger partial charge in [-0.25, -0.2) is 0 Å². The molecule has 0 spiro atoms. The first-order valence-corrected chi connectivity index (χ1v) is 7.92. The molecule has 1 fully saturated rings. The highest BCUT2D eigenvalue weighted by Gasteiger charge is 2.60. The zero-order valence-corrected chi connectivity index (χ0v) is 13.6. The fraction of sp³-hybridized carbons (Fsp3) is 0.824. The number of hydrogen-bond acceptors (Lipinski definition) is 4. The molecule has 0 aliphatic heterocycles. The maximum Gasteiger partial charge on any atom is 0.302 e. The van der Waals surface area contributed by atoms with E-state index in [1.165, 1.54) is 6.92 Å². The topological polar surface area (TPSA) is 66.8 Å². The fourth-order valence-electron chi connectivity index (χ4n) is 4.27. The van der Waals surface area contributed by atoms with E-state index in [0.717, 1.165) is 24.8 Å². The number of fused-ring (bicyclic) bond motifs is 1. The van der Waals surface area contributed by atoms with Crippen LogP contribution in [0.5, 0.6) is 0 Å². The summed E-state index contributed by atoms with van der Waals surface area (Å²) in [4.78, 5) is 10.9. The molecule has 2 aliphatic carbocycles. The van der Waals surface area contributed by atoms with Crippen LogP contribution in [-0.2, 0) is 9.53 Å². The molecule has 0 radical (unpaired) electrons. The van der Waals surface area contributed by atoms with Crippen LogP contribution in [0.4, 0.5) is 0 Å². The molecular weight excluding hydrogens is 268 g/mol. The number of carbonyl (C=O) groups is 1. The van der Waals surface area contributed by atoms with Crippen LogP contribution in [0.15, 0.2) is 11.6 Å². The second-order valence-electron chi connectivity index (χ2n) is 7.35. The molecule has 0 unspecified atom stereocenters. The number of carbonyl (C=O) groups excluding carboxylic acids is 1. The average Bonchev–Trinajstić information content (AvgIpc) is 2.50. The number of aliphatic hydroxyl groups excluding tert-OH is 1. The van der Waals surface area contributed by atoms with Gasteiger partial charge in [-0.2, -0.15) is 0 Å². The summed E-state index contributed by atoms with van der Waals surface area (Å²) in [6, 6.07) is 0. The molecule has 0 aromatic rings. The molecule has 0 amide bonds. The van der Waals surface area contributed by atoms with Crippen LogP contribution in [0.1, 0.15) is 53.4 Å². The Morgan fingerprint density at radius 1 is 1.52 bits per heavy atom. The van der Waals surface area contributed by atoms with Crippen LogP contribution in [0, 0.1) is 17.3 Å². The van der Waals surface area contributed by atoms with Gasteiger partial charge in [0, 0.05) is 6.92 Å². The Balaban J connectivity index is 2.18. The van der Waals surface area contributed by atoms with E-state index < -0.39 is 11.7 Å². The quantitative estimate of drug-likeness (QED) is 0.620. The van der Waals surface area contributed by atoms with Crippen molar-refractivity contribution in [3.05, 3.63) is 11.6 Å². The van der Waals surface area contributed by atoms with Crippen LogP contribution in [-0.4, -0.2) is 34.5 Å². The summed E-state index contributed by atoms with van der Waals surface area (Å²) >= 11 is 0. The van der Waals surface area contributed by atoms with Crippen LogP contribution >= 0.6 is 0 Å². The first-order chi connectivity index (χ1) is 9.70. The normalized spacial score (nSPS) is 39.7. The molecule has 2 aliphatic rings. The monoisotopic (exact) mass is 296 g/mol. The van der Waals surface area contributed by atoms with Gasteiger partial charge in [0.05, 0.1) is 11.7 Å². The number of esters is 1. The highest BCUT2D eigenvalue weighted by molar-refractivity contribution is 5.66. The zero-order chi connectivity index (χ0) is 15.8. The molecule has 4 heteroatoms. The van der Waals surface area contributed by atoms with Gasteiger partial charge in [-0.3, -0.25) is 4.79 Å². The van der Waals surface area contributed by atoms with E-state index >= 15 is 0 Å². The highest BCUT2D eigenvalue weighted by atomic mass is 16.5. The van der Waals surface area contributed by atoms with Gasteiger partial charge in [0.25, 0.3) is 0 Å². The Labute approximate surface area is 127 Å². The minimum atomic E-state index is -1.01. The third-order valence-corrected chi connectivity index (χ3v) is 5.59. The lowest BCUT2D eigenvalue weighted by molar-refractivity contribution is -0.140. The lowest BCUT2D eigenvalue weighted by Crippen LogP contribution is -2.49. The largest absolute Gasteiger partial charge is 0.461 e. The van der Waals surface area contributed by atoms with Crippen molar-refractivity contribution in [1.82, 2.24) is 0 Å². The average molecular weight is 296 g/mol. The third-order valence-electron chi connectivity index (χ3n) is 5.59. The van der Waals surface area contributed by atoms with Crippen molar-refractivity contribution >= 4 is 5.97 Å². The predicted molar refractivity (Wildman–Crippen MR) is 80.6 cm³/mol. The summed E-state index contributed by atoms with van der Waals surface area (Å²) < 4.78 is 5.09. The molecule has 1 saturated carbocycles. The van der Waals surface area contributed by atoms with Crippen LogP contribution in [0.2, 0.25) is 0 Å². The van der Waals surface area contributed by atoms with Crippen molar-refractivity contribution in [3.8, 4) is 0 Å². The standard InChI is InChI=1S/C17H28O4/c1-11(2)17(20)14-6-5-13(10-21-12(3)18)7-8-16(14,4)9-15(17)19/h7,11,14-15,19-20H,5-6,8-10H2,1-4H3/t14-,15+,16+,17-/m0/s1. The van der Waals surface area contributed by atoms with Gasteiger partial charge < -0.3 is 14.9 Å². The van der Waals surface area contributed by atoms with Gasteiger partial charge in [0.1, 0.15) is 6.61 Å². The molecule has 0 heterocycles. The third kappa shape index (κ3) is 2.88. The highest BCUT2D eigenvalue weighted by Crippen LogP contribution is 2.57. The van der Waals surface area contributed by atoms with Crippen LogP contribution < -0.4 is 0 Å². The van der Waals surface area contributed by atoms with Gasteiger partial charge in [-0.1, -0.05) is 26.8 Å². The molecule has 120 valence electrons. The number of hydrogen-bond donors (Lipinski definition) is 2. The smallest absolute Gasteiger partial charge is 0.302 e. The maximum absolute atomic E-state index is 11.1. The maximum atomic E-state index is 11.1. The summed E-state index contributed by atoms with van der Waals surface area (Å²) in [5.41, 5.74) is 0.0250. The summed E-state index contributed by atoms with van der Waals surface area (Å²) in [6.45, 7) is 7.88. The molecule has 0 bridgehead atoms. The molecule has 2 N–H and O–H groups in total. The number of allylic oxidation sites excluding steroid dienone is 1. The van der Waals surface area contributed by atoms with Crippen LogP contribution in [0.3, 0.4) is 0 Å². The van der Waals surface area contributed by atoms with E-state index in [9.17, 15) is 15.0 Å². The lowest BCUT2D eigenvalue weighted by atomic mass is 9.69. The minimum Gasteiger partial charge on any atom is -0.461 e. The second-order valence-corrected chi connectivity index (χ2v) is 7.35. The van der Waals surface area contributed by atoms with Crippen LogP contribution in [0.25, 0.3) is 0 Å². The van der Waals surface area contributed by atoms with E-state index in [0.29, 0.717) is 13.0 Å². The molecule has 0 saturated heterocycles. The van der Waals surface area contributed by atoms with Gasteiger partial charge in [-0.15, -0.1) is 0 Å². The first-order valence-electron chi connectivity index (χ1n) is 7.92. The van der Waals surface area contributed by atoms with Gasteiger partial charge >= 0.3 is 5.97 Å². The predicted octanol–water partition coefficient (Wildman–Crippen LogP) is 2.43. The van der Waals surface area contributed by atoms with Crippen molar-refractivity contribution < 1.29 is 19.7 Å². The van der Waals surface area contributed by atoms with E-state index in [4.69, 9.17) is 4.74 Å². The fourth-order valence-corrected chi connectivity index (χ4v) is 4.27. The lowest BCUT2D eigenvalue weighted by Gasteiger charge is -2.40. The molecule has 0 aromatic carbocycles. The Kier molecular flexibility index (Phi) is 4.50. The van der Waals surface area contributed by atoms with Crippen molar-refractivity contribution in [2.45, 2.75) is 65.1 Å². The van der Waals surface area contributed by atoms with E-state index in [1.807, 2.05) is 13.8 Å². The summed E-state index contributed by atoms with van der Waals surface area (Å²) in [5, 5.41) is 21.5. The summed E-state index contributed by atoms with van der Waals surface area (Å²) in [6.07, 6.45) is 4.58. The van der Waals surface area contributed by atoms with Crippen molar-refractivity contribution in [1.29, 1.82) is 0 Å². The van der Waals surface area contributed by atoms with Gasteiger partial charge in [0.15, 0.2) is 0 Å². The van der Waals surface area contributed by atoms with E-state index in [-0.39, 0.29) is 23.2 Å². The molecule has 4 atom stereocenters. The number of aliphatic hydroxyl groups is 2. The Morgan fingerprint density at radius 2 is 2.19 bits per heavy atom. The second kappa shape index (κ2) is 5.73. The molecule has 21 heavy (non-hydrogen) atoms. The number of rotatable bonds is 3. The Bertz CT molecular complexity index is 442. The van der Waals surface area contributed by atoms with E-state index in [2.05, 4.69) is 13.0 Å². The molecule has 0 aromatic heterocycles. The van der Waals surface area contributed by atoms with Crippen molar-refractivity contribution in [3.63, 3.8) is 0 Å². The number of ether oxygens (including phenoxy) is 1. The minimum absolute atomic E-state index is 0.0225. The van der Waals surface area contributed by atoms with E-state index in [1.54, 1.807) is 0 Å². The van der Waals surface area contributed by atoms with Crippen molar-refractivity contribution in [2.75, 3.05) is 6.61 Å². The molecule has 2 rings (SSSR count). The molecular formula is C17H28O4.